The second-order valence-corrected chi connectivity index (χ2v) is 12.0. The number of aromatic nitrogens is 2. The van der Waals surface area contributed by atoms with Crippen LogP contribution in [0.2, 0.25) is 5.02 Å². The van der Waals surface area contributed by atoms with E-state index >= 15 is 0 Å². The van der Waals surface area contributed by atoms with Crippen LogP contribution in [0.4, 0.5) is 5.69 Å². The van der Waals surface area contributed by atoms with E-state index in [-0.39, 0.29) is 5.56 Å². The van der Waals surface area contributed by atoms with Crippen molar-refractivity contribution < 1.29 is 0 Å². The number of fused-ring (bicyclic) bond motifs is 1. The highest BCUT2D eigenvalue weighted by Gasteiger charge is 2.18. The third-order valence-corrected chi connectivity index (χ3v) is 9.24. The molecule has 2 aliphatic heterocycles. The number of nitrogens with zero attached hydrogens (tertiary/aromatic N) is 3. The van der Waals surface area contributed by atoms with Gasteiger partial charge in [-0.05, 0) is 105 Å². The minimum absolute atomic E-state index is 0.103. The molecule has 2 aromatic heterocycles. The van der Waals surface area contributed by atoms with Crippen LogP contribution in [-0.2, 0) is 13.0 Å². The van der Waals surface area contributed by atoms with Crippen molar-refractivity contribution in [3.8, 4) is 22.4 Å². The van der Waals surface area contributed by atoms with Crippen molar-refractivity contribution in [3.63, 3.8) is 0 Å². The molecule has 0 aliphatic carbocycles. The fourth-order valence-corrected chi connectivity index (χ4v) is 6.49. The lowest BCUT2D eigenvalue weighted by atomic mass is 9.90. The third-order valence-electron chi connectivity index (χ3n) is 8.93. The number of allylic oxidation sites excluding steroid dienone is 1. The molecule has 0 amide bonds. The molecule has 4 aromatic rings. The summed E-state index contributed by atoms with van der Waals surface area (Å²) in [5.41, 5.74) is 8.42. The van der Waals surface area contributed by atoms with Crippen molar-refractivity contribution in [2.45, 2.75) is 65.3 Å². The van der Waals surface area contributed by atoms with Gasteiger partial charge in [-0.15, -0.1) is 0 Å². The molecule has 2 aromatic carbocycles. The van der Waals surface area contributed by atoms with Gasteiger partial charge in [-0.1, -0.05) is 61.9 Å². The molecule has 0 unspecified atom stereocenters. The normalized spacial score (nSPS) is 15.3. The van der Waals surface area contributed by atoms with E-state index in [2.05, 4.69) is 65.9 Å². The molecule has 7 heteroatoms. The van der Waals surface area contributed by atoms with Gasteiger partial charge in [-0.2, -0.15) is 0 Å². The summed E-state index contributed by atoms with van der Waals surface area (Å²) in [6.07, 6.45) is 8.98. The van der Waals surface area contributed by atoms with E-state index in [1.54, 1.807) is 4.57 Å². The number of hydrogen-bond acceptors (Lipinski definition) is 5. The molecule has 0 spiro atoms. The molecule has 2 N–H and O–H groups in total. The van der Waals surface area contributed by atoms with Gasteiger partial charge >= 0.3 is 0 Å². The molecule has 1 saturated heterocycles. The van der Waals surface area contributed by atoms with Gasteiger partial charge in [0.1, 0.15) is 11.3 Å². The van der Waals surface area contributed by atoms with Crippen LogP contribution in [-0.4, -0.2) is 22.6 Å². The van der Waals surface area contributed by atoms with Gasteiger partial charge < -0.3 is 10.6 Å². The SMILES string of the molecule is CCC1=C(Nc2ccc(C3CCNCC3)cc2)N=c2c(cc(-c3ccc(-c4ccc(CC)cn4)cc3Cl)c(=O)n2CC)=CC1. The van der Waals surface area contributed by atoms with Crippen LogP contribution < -0.4 is 26.9 Å². The van der Waals surface area contributed by atoms with E-state index in [4.69, 9.17) is 16.6 Å². The van der Waals surface area contributed by atoms with Gasteiger partial charge in [0.25, 0.3) is 5.56 Å². The zero-order chi connectivity index (χ0) is 30.6. The summed E-state index contributed by atoms with van der Waals surface area (Å²) in [6.45, 7) is 8.90. The van der Waals surface area contributed by atoms with Crippen LogP contribution in [0.3, 0.4) is 0 Å². The molecule has 0 radical (unpaired) electrons. The Morgan fingerprint density at radius 2 is 1.75 bits per heavy atom. The van der Waals surface area contributed by atoms with Gasteiger partial charge in [-0.25, -0.2) is 4.99 Å². The molecule has 4 heterocycles. The number of aryl methyl sites for hydroxylation is 1. The van der Waals surface area contributed by atoms with Crippen molar-refractivity contribution in [2.24, 2.45) is 4.99 Å². The number of halogens is 1. The first kappa shape index (κ1) is 30.0. The molecule has 0 atom stereocenters. The number of pyridine rings is 2. The van der Waals surface area contributed by atoms with Crippen molar-refractivity contribution >= 4 is 23.4 Å². The predicted molar refractivity (Wildman–Crippen MR) is 182 cm³/mol. The first-order valence-corrected chi connectivity index (χ1v) is 16.2. The Bertz CT molecular complexity index is 1870. The van der Waals surface area contributed by atoms with Gasteiger partial charge in [0.15, 0.2) is 0 Å². The molecule has 6 rings (SSSR count). The Kier molecular flexibility index (Phi) is 9.10. The average molecular weight is 606 g/mol. The quantitative estimate of drug-likeness (QED) is 0.231. The van der Waals surface area contributed by atoms with E-state index in [1.165, 1.54) is 29.5 Å². The Balaban J connectivity index is 1.35. The minimum atomic E-state index is -0.103. The summed E-state index contributed by atoms with van der Waals surface area (Å²) in [5.74, 6) is 1.43. The van der Waals surface area contributed by atoms with Crippen LogP contribution in [0.5, 0.6) is 0 Å². The summed E-state index contributed by atoms with van der Waals surface area (Å²) < 4.78 is 1.76. The number of nitrogens with one attached hydrogen (secondary N) is 2. The molecular weight excluding hydrogens is 566 g/mol. The van der Waals surface area contributed by atoms with E-state index < -0.39 is 0 Å². The predicted octanol–water partition coefficient (Wildman–Crippen LogP) is 6.82. The highest BCUT2D eigenvalue weighted by Crippen LogP contribution is 2.30. The van der Waals surface area contributed by atoms with Crippen LogP contribution in [0, 0.1) is 0 Å². The Morgan fingerprint density at radius 1 is 0.955 bits per heavy atom. The summed E-state index contributed by atoms with van der Waals surface area (Å²) in [6, 6.07) is 20.6. The third kappa shape index (κ3) is 6.15. The molecule has 2 aliphatic rings. The number of rotatable bonds is 8. The lowest BCUT2D eigenvalue weighted by Crippen LogP contribution is -2.43. The summed E-state index contributed by atoms with van der Waals surface area (Å²) in [4.78, 5) is 23.6. The fraction of sp³-hybridized carbons (Fsp3) is 0.324. The molecule has 6 nitrogen and oxygen atoms in total. The maximum Gasteiger partial charge on any atom is 0.260 e. The molecule has 226 valence electrons. The summed E-state index contributed by atoms with van der Waals surface area (Å²) >= 11 is 6.84. The highest BCUT2D eigenvalue weighted by atomic mass is 35.5. The average Bonchev–Trinajstić information content (AvgIpc) is 3.24. The monoisotopic (exact) mass is 605 g/mol. The van der Waals surface area contributed by atoms with Gasteiger partial charge in [-0.3, -0.25) is 14.3 Å². The minimum Gasteiger partial charge on any atom is -0.340 e. The van der Waals surface area contributed by atoms with E-state index in [1.807, 2.05) is 43.5 Å². The first-order chi connectivity index (χ1) is 21.5. The van der Waals surface area contributed by atoms with E-state index in [9.17, 15) is 4.79 Å². The van der Waals surface area contributed by atoms with E-state index in [0.717, 1.165) is 60.3 Å². The highest BCUT2D eigenvalue weighted by molar-refractivity contribution is 6.33. The summed E-state index contributed by atoms with van der Waals surface area (Å²) in [5, 5.41) is 8.49. The van der Waals surface area contributed by atoms with E-state index in [0.29, 0.717) is 34.1 Å². The number of benzene rings is 2. The number of anilines is 1. The molecular formula is C37H40ClN5O. The second kappa shape index (κ2) is 13.3. The largest absolute Gasteiger partial charge is 0.340 e. The topological polar surface area (TPSA) is 71.3 Å². The Labute approximate surface area is 264 Å². The molecule has 44 heavy (non-hydrogen) atoms. The smallest absolute Gasteiger partial charge is 0.260 e. The maximum atomic E-state index is 13.9. The lowest BCUT2D eigenvalue weighted by Gasteiger charge is -2.23. The Morgan fingerprint density at radius 3 is 2.41 bits per heavy atom. The number of hydrogen-bond donors (Lipinski definition) is 2. The van der Waals surface area contributed by atoms with Crippen molar-refractivity contribution in [2.75, 3.05) is 18.4 Å². The second-order valence-electron chi connectivity index (χ2n) is 11.6. The van der Waals surface area contributed by atoms with Crippen LogP contribution in [0.15, 0.2) is 88.0 Å². The van der Waals surface area contributed by atoms with Gasteiger partial charge in [0, 0.05) is 45.4 Å². The van der Waals surface area contributed by atoms with Gasteiger partial charge in [0.05, 0.1) is 5.69 Å². The molecule has 1 fully saturated rings. The van der Waals surface area contributed by atoms with Crippen molar-refractivity contribution in [1.29, 1.82) is 0 Å². The van der Waals surface area contributed by atoms with Gasteiger partial charge in [0.2, 0.25) is 0 Å². The van der Waals surface area contributed by atoms with Crippen LogP contribution >= 0.6 is 11.6 Å². The zero-order valence-corrected chi connectivity index (χ0v) is 26.5. The Hall–Kier alpha value is -4.00. The molecule has 0 saturated carbocycles. The standard InChI is InChI=1S/C37H40ClN5O/c1-4-24-7-16-34(40-23-24)28-12-15-31(33(38)22-28)32-21-29-9-8-25(5-2)35(42-36(29)43(6-3)37(32)44)41-30-13-10-26(11-14-30)27-17-19-39-20-18-27/h7,9-16,21-23,27,39,41H,4-6,8,17-20H2,1-3H3. The number of piperidine rings is 1. The van der Waals surface area contributed by atoms with Crippen molar-refractivity contribution in [3.05, 3.63) is 115 Å². The molecule has 0 bridgehead atoms. The first-order valence-electron chi connectivity index (χ1n) is 15.9. The van der Waals surface area contributed by atoms with Crippen molar-refractivity contribution in [1.82, 2.24) is 14.9 Å². The lowest BCUT2D eigenvalue weighted by molar-refractivity contribution is 0.460. The fourth-order valence-electron chi connectivity index (χ4n) is 6.21. The van der Waals surface area contributed by atoms with Crippen LogP contribution in [0.25, 0.3) is 28.5 Å². The zero-order valence-electron chi connectivity index (χ0n) is 25.8. The maximum absolute atomic E-state index is 13.9. The summed E-state index contributed by atoms with van der Waals surface area (Å²) in [7, 11) is 0. The van der Waals surface area contributed by atoms with Crippen LogP contribution in [0.1, 0.15) is 63.5 Å².